The average molecular weight is 404 g/mol. The van der Waals surface area contributed by atoms with Crippen LogP contribution in [0.25, 0.3) is 11.1 Å². The Labute approximate surface area is 173 Å². The number of nitrogens with one attached hydrogen (secondary N) is 1. The molecule has 0 aliphatic heterocycles. The predicted molar refractivity (Wildman–Crippen MR) is 117 cm³/mol. The smallest absolute Gasteiger partial charge is 0.277 e. The number of amides is 1. The Kier molecular flexibility index (Phi) is 5.39. The van der Waals surface area contributed by atoms with Crippen LogP contribution in [0, 0.1) is 0 Å². The number of thiophene rings is 1. The van der Waals surface area contributed by atoms with Gasteiger partial charge in [0.25, 0.3) is 5.91 Å². The van der Waals surface area contributed by atoms with Crippen molar-refractivity contribution in [1.29, 1.82) is 0 Å². The van der Waals surface area contributed by atoms with Crippen LogP contribution in [-0.4, -0.2) is 20.9 Å². The third-order valence-electron chi connectivity index (χ3n) is 4.70. The van der Waals surface area contributed by atoms with E-state index in [2.05, 4.69) is 52.2 Å². The highest BCUT2D eigenvalue weighted by Gasteiger charge is 2.13. The number of rotatable bonds is 6. The summed E-state index contributed by atoms with van der Waals surface area (Å²) in [5.41, 5.74) is 11.8. The van der Waals surface area contributed by atoms with Crippen LogP contribution in [-0.2, 0) is 13.0 Å². The Bertz CT molecular complexity index is 1120. The van der Waals surface area contributed by atoms with Crippen LogP contribution in [0.15, 0.2) is 65.5 Å². The van der Waals surface area contributed by atoms with E-state index in [0.717, 1.165) is 23.1 Å². The Balaban J connectivity index is 1.47. The number of nitrogen functional groups attached to an aromatic ring is 1. The molecule has 4 rings (SSSR count). The van der Waals surface area contributed by atoms with E-state index in [1.165, 1.54) is 5.56 Å². The summed E-state index contributed by atoms with van der Waals surface area (Å²) in [4.78, 5) is 12.6. The fraction of sp³-hybridized carbons (Fsp3) is 0.136. The first-order valence-electron chi connectivity index (χ1n) is 9.34. The molecule has 7 heteroatoms. The van der Waals surface area contributed by atoms with Crippen LogP contribution in [0.4, 0.5) is 11.4 Å². The van der Waals surface area contributed by atoms with Crippen molar-refractivity contribution in [3.8, 4) is 11.1 Å². The van der Waals surface area contributed by atoms with Gasteiger partial charge in [-0.15, -0.1) is 5.10 Å². The highest BCUT2D eigenvalue weighted by Crippen LogP contribution is 2.28. The van der Waals surface area contributed by atoms with E-state index >= 15 is 0 Å². The third-order valence-corrected chi connectivity index (χ3v) is 5.39. The Hall–Kier alpha value is -3.45. The van der Waals surface area contributed by atoms with Crippen molar-refractivity contribution in [2.45, 2.75) is 19.9 Å². The summed E-state index contributed by atoms with van der Waals surface area (Å²) in [6.07, 6.45) is 2.65. The van der Waals surface area contributed by atoms with Crippen molar-refractivity contribution in [2.24, 2.45) is 0 Å². The lowest BCUT2D eigenvalue weighted by molar-refractivity contribution is 0.102. The van der Waals surface area contributed by atoms with Gasteiger partial charge in [0.05, 0.1) is 24.1 Å². The summed E-state index contributed by atoms with van der Waals surface area (Å²) < 4.78 is 1.65. The molecule has 6 nitrogen and oxygen atoms in total. The molecule has 2 heterocycles. The van der Waals surface area contributed by atoms with Crippen molar-refractivity contribution in [2.75, 3.05) is 11.1 Å². The second kappa shape index (κ2) is 8.28. The summed E-state index contributed by atoms with van der Waals surface area (Å²) >= 11 is 1.62. The molecule has 0 unspecified atom stereocenters. The summed E-state index contributed by atoms with van der Waals surface area (Å²) in [6.45, 7) is 2.68. The lowest BCUT2D eigenvalue weighted by Crippen LogP contribution is -2.13. The molecule has 2 aromatic heterocycles. The van der Waals surface area contributed by atoms with Crippen LogP contribution in [0.1, 0.15) is 28.5 Å². The van der Waals surface area contributed by atoms with Gasteiger partial charge in [0.1, 0.15) is 0 Å². The molecule has 4 aromatic rings. The molecule has 2 aromatic carbocycles. The first-order valence-corrected chi connectivity index (χ1v) is 10.3. The van der Waals surface area contributed by atoms with E-state index in [0.29, 0.717) is 17.9 Å². The second-order valence-corrected chi connectivity index (χ2v) is 7.52. The molecule has 0 saturated heterocycles. The topological polar surface area (TPSA) is 85.8 Å². The zero-order chi connectivity index (χ0) is 20.2. The normalized spacial score (nSPS) is 10.8. The number of anilines is 2. The van der Waals surface area contributed by atoms with E-state index in [1.54, 1.807) is 28.3 Å². The van der Waals surface area contributed by atoms with Crippen molar-refractivity contribution in [3.63, 3.8) is 0 Å². The van der Waals surface area contributed by atoms with Crippen molar-refractivity contribution >= 4 is 28.6 Å². The number of aromatic nitrogens is 3. The first kappa shape index (κ1) is 18.9. The van der Waals surface area contributed by atoms with Gasteiger partial charge in [-0.25, -0.2) is 4.68 Å². The molecule has 0 fully saturated rings. The van der Waals surface area contributed by atoms with Crippen LogP contribution < -0.4 is 11.1 Å². The summed E-state index contributed by atoms with van der Waals surface area (Å²) in [5.74, 6) is -0.341. The number of hydrogen-bond donors (Lipinski definition) is 2. The van der Waals surface area contributed by atoms with Crippen molar-refractivity contribution < 1.29 is 4.79 Å². The van der Waals surface area contributed by atoms with Gasteiger partial charge in [-0.2, -0.15) is 11.3 Å². The maximum Gasteiger partial charge on any atom is 0.277 e. The maximum atomic E-state index is 12.6. The molecule has 29 heavy (non-hydrogen) atoms. The van der Waals surface area contributed by atoms with E-state index in [9.17, 15) is 4.79 Å². The standard InChI is InChI=1S/C22H21N5OS/c1-2-15-3-5-16(6-4-15)12-27-13-21(25-26-27)22(28)24-20-11-17(7-8-19(20)23)18-9-10-29-14-18/h3-11,13-14H,2,12,23H2,1H3,(H,24,28). The Morgan fingerprint density at radius 3 is 2.62 bits per heavy atom. The number of benzene rings is 2. The van der Waals surface area contributed by atoms with E-state index < -0.39 is 0 Å². The van der Waals surface area contributed by atoms with E-state index in [4.69, 9.17) is 5.73 Å². The fourth-order valence-electron chi connectivity index (χ4n) is 3.01. The first-order chi connectivity index (χ1) is 14.1. The molecule has 3 N–H and O–H groups in total. The van der Waals surface area contributed by atoms with Crippen LogP contribution in [0.5, 0.6) is 0 Å². The lowest BCUT2D eigenvalue weighted by Gasteiger charge is -2.09. The van der Waals surface area contributed by atoms with E-state index in [-0.39, 0.29) is 11.6 Å². The minimum absolute atomic E-state index is 0.246. The predicted octanol–water partition coefficient (Wildman–Crippen LogP) is 4.45. The van der Waals surface area contributed by atoms with Crippen LogP contribution in [0.3, 0.4) is 0 Å². The van der Waals surface area contributed by atoms with Gasteiger partial charge in [-0.1, -0.05) is 42.5 Å². The van der Waals surface area contributed by atoms with Gasteiger partial charge in [0, 0.05) is 0 Å². The number of aryl methyl sites for hydroxylation is 1. The van der Waals surface area contributed by atoms with Crippen LogP contribution in [0.2, 0.25) is 0 Å². The summed E-state index contributed by atoms with van der Waals surface area (Å²) in [5, 5.41) is 15.0. The minimum Gasteiger partial charge on any atom is -0.397 e. The third kappa shape index (κ3) is 4.35. The molecule has 1 amide bonds. The van der Waals surface area contributed by atoms with Crippen molar-refractivity contribution in [1.82, 2.24) is 15.0 Å². The monoisotopic (exact) mass is 403 g/mol. The molecule has 0 atom stereocenters. The molecule has 0 aliphatic carbocycles. The quantitative estimate of drug-likeness (QED) is 0.466. The molecular weight excluding hydrogens is 382 g/mol. The van der Waals surface area contributed by atoms with Gasteiger partial charge >= 0.3 is 0 Å². The number of carbonyl (C=O) groups excluding carboxylic acids is 1. The molecule has 0 bridgehead atoms. The minimum atomic E-state index is -0.341. The maximum absolute atomic E-state index is 12.6. The van der Waals surface area contributed by atoms with Gasteiger partial charge in [0.2, 0.25) is 0 Å². The largest absolute Gasteiger partial charge is 0.397 e. The SMILES string of the molecule is CCc1ccc(Cn2cc(C(=O)Nc3cc(-c4ccsc4)ccc3N)nn2)cc1. The number of carbonyl (C=O) groups is 1. The summed E-state index contributed by atoms with van der Waals surface area (Å²) in [7, 11) is 0. The highest BCUT2D eigenvalue weighted by atomic mass is 32.1. The number of nitrogens with two attached hydrogens (primary N) is 1. The number of hydrogen-bond acceptors (Lipinski definition) is 5. The Morgan fingerprint density at radius 1 is 1.10 bits per heavy atom. The molecule has 0 saturated carbocycles. The van der Waals surface area contributed by atoms with Gasteiger partial charge < -0.3 is 11.1 Å². The number of nitrogens with zero attached hydrogens (tertiary/aromatic N) is 3. The van der Waals surface area contributed by atoms with Crippen LogP contribution >= 0.6 is 11.3 Å². The van der Waals surface area contributed by atoms with Gasteiger partial charge in [-0.05, 0) is 57.6 Å². The molecule has 0 spiro atoms. The lowest BCUT2D eigenvalue weighted by atomic mass is 10.1. The van der Waals surface area contributed by atoms with Gasteiger partial charge in [-0.3, -0.25) is 4.79 Å². The average Bonchev–Trinajstić information content (AvgIpc) is 3.42. The van der Waals surface area contributed by atoms with Crippen molar-refractivity contribution in [3.05, 3.63) is 82.3 Å². The zero-order valence-electron chi connectivity index (χ0n) is 16.0. The Morgan fingerprint density at radius 2 is 1.90 bits per heavy atom. The summed E-state index contributed by atoms with van der Waals surface area (Å²) in [6, 6.07) is 16.0. The van der Waals surface area contributed by atoms with E-state index in [1.807, 2.05) is 23.6 Å². The fourth-order valence-corrected chi connectivity index (χ4v) is 3.67. The molecule has 0 aliphatic rings. The highest BCUT2D eigenvalue weighted by molar-refractivity contribution is 7.08. The molecular formula is C22H21N5OS. The molecule has 146 valence electrons. The van der Waals surface area contributed by atoms with Gasteiger partial charge in [0.15, 0.2) is 5.69 Å². The molecule has 0 radical (unpaired) electrons. The second-order valence-electron chi connectivity index (χ2n) is 6.74. The zero-order valence-corrected chi connectivity index (χ0v) is 16.8.